The maximum atomic E-state index is 8.33. The third-order valence-electron chi connectivity index (χ3n) is 1.78. The molecule has 1 aromatic rings. The van der Waals surface area contributed by atoms with Gasteiger partial charge in [0.1, 0.15) is 5.84 Å². The fourth-order valence-electron chi connectivity index (χ4n) is 0.944. The van der Waals surface area contributed by atoms with Crippen LogP contribution in [0.15, 0.2) is 23.5 Å². The Morgan fingerprint density at radius 2 is 2.50 bits per heavy atom. The lowest BCUT2D eigenvalue weighted by atomic mass is 10.3. The minimum Gasteiger partial charge on any atom is -0.409 e. The number of anilines is 1. The first-order valence-corrected chi connectivity index (χ1v) is 4.19. The van der Waals surface area contributed by atoms with E-state index in [4.69, 9.17) is 10.9 Å². The first-order chi connectivity index (χ1) is 6.74. The Kier molecular flexibility index (Phi) is 3.66. The molecule has 0 aliphatic carbocycles. The zero-order chi connectivity index (χ0) is 10.4. The van der Waals surface area contributed by atoms with Crippen molar-refractivity contribution in [3.05, 3.63) is 18.3 Å². The standard InChI is InChI=1S/C8H13N5O/c1-13(6-4-7(9)12-14)8-3-2-5-10-11-8/h2-3,5,14H,4,6H2,1H3,(H2,9,12). The molecular formula is C8H13N5O. The van der Waals surface area contributed by atoms with Gasteiger partial charge in [-0.15, -0.1) is 5.10 Å². The molecule has 76 valence electrons. The molecule has 0 spiro atoms. The summed E-state index contributed by atoms with van der Waals surface area (Å²) in [6.07, 6.45) is 2.10. The molecule has 1 rings (SSSR count). The average molecular weight is 195 g/mol. The fourth-order valence-corrected chi connectivity index (χ4v) is 0.944. The first-order valence-electron chi connectivity index (χ1n) is 4.19. The lowest BCUT2D eigenvalue weighted by Crippen LogP contribution is -2.25. The number of rotatable bonds is 4. The summed E-state index contributed by atoms with van der Waals surface area (Å²) in [7, 11) is 1.87. The topological polar surface area (TPSA) is 87.6 Å². The molecule has 0 saturated heterocycles. The zero-order valence-corrected chi connectivity index (χ0v) is 7.96. The lowest BCUT2D eigenvalue weighted by molar-refractivity contribution is 0.317. The zero-order valence-electron chi connectivity index (χ0n) is 7.96. The predicted molar refractivity (Wildman–Crippen MR) is 53.3 cm³/mol. The van der Waals surface area contributed by atoms with Crippen LogP contribution in [0.5, 0.6) is 0 Å². The lowest BCUT2D eigenvalue weighted by Gasteiger charge is -2.16. The number of nitrogens with two attached hydrogens (primary N) is 1. The molecular weight excluding hydrogens is 182 g/mol. The molecule has 0 amide bonds. The van der Waals surface area contributed by atoms with Gasteiger partial charge >= 0.3 is 0 Å². The number of hydrogen-bond donors (Lipinski definition) is 2. The van der Waals surface area contributed by atoms with E-state index in [1.165, 1.54) is 0 Å². The fraction of sp³-hybridized carbons (Fsp3) is 0.375. The van der Waals surface area contributed by atoms with E-state index in [0.717, 1.165) is 5.82 Å². The van der Waals surface area contributed by atoms with Gasteiger partial charge in [-0.25, -0.2) is 0 Å². The van der Waals surface area contributed by atoms with E-state index in [2.05, 4.69) is 15.4 Å². The van der Waals surface area contributed by atoms with E-state index in [9.17, 15) is 0 Å². The second-order valence-corrected chi connectivity index (χ2v) is 2.84. The van der Waals surface area contributed by atoms with Crippen LogP contribution in [0.1, 0.15) is 6.42 Å². The van der Waals surface area contributed by atoms with Crippen molar-refractivity contribution in [2.75, 3.05) is 18.5 Å². The van der Waals surface area contributed by atoms with Crippen molar-refractivity contribution in [1.82, 2.24) is 10.2 Å². The molecule has 0 bridgehead atoms. The molecule has 0 atom stereocenters. The molecule has 6 heteroatoms. The van der Waals surface area contributed by atoms with Gasteiger partial charge in [0, 0.05) is 26.2 Å². The van der Waals surface area contributed by atoms with Gasteiger partial charge in [0.05, 0.1) is 0 Å². The Morgan fingerprint density at radius 3 is 3.07 bits per heavy atom. The highest BCUT2D eigenvalue weighted by Gasteiger charge is 2.02. The van der Waals surface area contributed by atoms with Crippen LogP contribution < -0.4 is 10.6 Å². The normalized spacial score (nSPS) is 11.4. The second-order valence-electron chi connectivity index (χ2n) is 2.84. The van der Waals surface area contributed by atoms with E-state index in [-0.39, 0.29) is 5.84 Å². The Hall–Kier alpha value is -1.85. The summed E-state index contributed by atoms with van der Waals surface area (Å²) in [6.45, 7) is 0.634. The maximum absolute atomic E-state index is 8.33. The monoisotopic (exact) mass is 195 g/mol. The molecule has 0 aliphatic heterocycles. The molecule has 1 aromatic heterocycles. The van der Waals surface area contributed by atoms with Crippen LogP contribution in [0.25, 0.3) is 0 Å². The number of oxime groups is 1. The second kappa shape index (κ2) is 5.00. The molecule has 0 aliphatic rings. The first kappa shape index (κ1) is 10.2. The molecule has 0 radical (unpaired) electrons. The number of nitrogens with zero attached hydrogens (tertiary/aromatic N) is 4. The number of aromatic nitrogens is 2. The SMILES string of the molecule is CN(CCC(N)=NO)c1cccnn1. The van der Waals surface area contributed by atoms with Crippen LogP contribution in [0.2, 0.25) is 0 Å². The van der Waals surface area contributed by atoms with Crippen molar-refractivity contribution in [2.24, 2.45) is 10.9 Å². The quantitative estimate of drug-likeness (QED) is 0.307. The van der Waals surface area contributed by atoms with Crippen LogP contribution in [0.4, 0.5) is 5.82 Å². The minimum absolute atomic E-state index is 0.209. The van der Waals surface area contributed by atoms with Gasteiger partial charge in [0.2, 0.25) is 0 Å². The summed E-state index contributed by atoms with van der Waals surface area (Å²) in [5.74, 6) is 0.971. The van der Waals surface area contributed by atoms with E-state index in [1.807, 2.05) is 24.1 Å². The van der Waals surface area contributed by atoms with Crippen LogP contribution in [-0.4, -0.2) is 34.8 Å². The molecule has 14 heavy (non-hydrogen) atoms. The van der Waals surface area contributed by atoms with Gasteiger partial charge in [0.15, 0.2) is 5.82 Å². The smallest absolute Gasteiger partial charge is 0.150 e. The molecule has 6 nitrogen and oxygen atoms in total. The Morgan fingerprint density at radius 1 is 1.71 bits per heavy atom. The molecule has 0 aromatic carbocycles. The van der Waals surface area contributed by atoms with Gasteiger partial charge < -0.3 is 15.8 Å². The van der Waals surface area contributed by atoms with Crippen LogP contribution >= 0.6 is 0 Å². The van der Waals surface area contributed by atoms with Crippen molar-refractivity contribution >= 4 is 11.7 Å². The maximum Gasteiger partial charge on any atom is 0.150 e. The molecule has 3 N–H and O–H groups in total. The minimum atomic E-state index is 0.209. The predicted octanol–water partition coefficient (Wildman–Crippen LogP) is 0.0493. The molecule has 0 fully saturated rings. The summed E-state index contributed by atoms with van der Waals surface area (Å²) in [4.78, 5) is 1.88. The summed E-state index contributed by atoms with van der Waals surface area (Å²) >= 11 is 0. The highest BCUT2D eigenvalue weighted by atomic mass is 16.4. The van der Waals surface area contributed by atoms with Gasteiger partial charge in [-0.3, -0.25) is 0 Å². The van der Waals surface area contributed by atoms with Gasteiger partial charge in [-0.1, -0.05) is 5.16 Å². The molecule has 1 heterocycles. The summed E-state index contributed by atoms with van der Waals surface area (Å²) < 4.78 is 0. The van der Waals surface area contributed by atoms with Crippen LogP contribution in [-0.2, 0) is 0 Å². The van der Waals surface area contributed by atoms with Crippen molar-refractivity contribution < 1.29 is 5.21 Å². The third kappa shape index (κ3) is 2.89. The van der Waals surface area contributed by atoms with E-state index >= 15 is 0 Å². The third-order valence-corrected chi connectivity index (χ3v) is 1.78. The van der Waals surface area contributed by atoms with Crippen molar-refractivity contribution in [3.63, 3.8) is 0 Å². The molecule has 0 unspecified atom stereocenters. The summed E-state index contributed by atoms with van der Waals surface area (Å²) in [5.41, 5.74) is 5.34. The van der Waals surface area contributed by atoms with E-state index in [1.54, 1.807) is 6.20 Å². The van der Waals surface area contributed by atoms with Crippen molar-refractivity contribution in [2.45, 2.75) is 6.42 Å². The number of hydrogen-bond acceptors (Lipinski definition) is 5. The average Bonchev–Trinajstić information content (AvgIpc) is 2.26. The van der Waals surface area contributed by atoms with E-state index < -0.39 is 0 Å². The Labute approximate surface area is 82.0 Å². The highest BCUT2D eigenvalue weighted by Crippen LogP contribution is 2.04. The van der Waals surface area contributed by atoms with Crippen LogP contribution in [0, 0.1) is 0 Å². The van der Waals surface area contributed by atoms with Gasteiger partial charge in [-0.2, -0.15) is 5.10 Å². The van der Waals surface area contributed by atoms with Crippen molar-refractivity contribution in [1.29, 1.82) is 0 Å². The Bertz CT molecular complexity index is 300. The largest absolute Gasteiger partial charge is 0.409 e. The van der Waals surface area contributed by atoms with Crippen molar-refractivity contribution in [3.8, 4) is 0 Å². The summed E-state index contributed by atoms with van der Waals surface area (Å²) in [6, 6.07) is 3.65. The van der Waals surface area contributed by atoms with Gasteiger partial charge in [0.25, 0.3) is 0 Å². The highest BCUT2D eigenvalue weighted by molar-refractivity contribution is 5.80. The summed E-state index contributed by atoms with van der Waals surface area (Å²) in [5, 5.41) is 18.9. The van der Waals surface area contributed by atoms with E-state index in [0.29, 0.717) is 13.0 Å². The van der Waals surface area contributed by atoms with Crippen LogP contribution in [0.3, 0.4) is 0 Å². The number of amidine groups is 1. The van der Waals surface area contributed by atoms with Gasteiger partial charge in [-0.05, 0) is 12.1 Å². The Balaban J connectivity index is 2.47. The molecule has 0 saturated carbocycles.